The Labute approximate surface area is 652 Å². The molecule has 3 N–H and O–H groups in total. The Kier molecular flexibility index (Phi) is 26.3. The second-order valence-electron chi connectivity index (χ2n) is 34.4. The number of carbonyl (C=O) groups excluding carboxylic acids is 3. The van der Waals surface area contributed by atoms with Crippen molar-refractivity contribution in [1.29, 1.82) is 0 Å². The van der Waals surface area contributed by atoms with Crippen molar-refractivity contribution < 1.29 is 56.1 Å². The molecule has 0 aliphatic heterocycles. The number of nitrogen functional groups attached to an aromatic ring is 1. The summed E-state index contributed by atoms with van der Waals surface area (Å²) in [5.41, 5.74) is 24.5. The van der Waals surface area contributed by atoms with Crippen molar-refractivity contribution in [3.8, 4) is 0 Å². The predicted molar refractivity (Wildman–Crippen MR) is 439 cm³/mol. The lowest BCUT2D eigenvalue weighted by Gasteiger charge is -2.42. The first-order valence-corrected chi connectivity index (χ1v) is 38.6. The largest absolute Gasteiger partial charge is 0.478 e. The summed E-state index contributed by atoms with van der Waals surface area (Å²) in [6, 6.07) is 44.3. The molecule has 4 aliphatic rings. The van der Waals surface area contributed by atoms with Gasteiger partial charge in [0, 0.05) is 45.1 Å². The molecule has 0 aromatic heterocycles. The SMILES string of the molecule is CC1(C)CCC(C)(C)c2cc(N)ccc21.CCN(c1ccc(C(=O)O)c(F)c1)c1ccc2c(c1)C(C)(C)CCC2(C)C.CCN(c1ccc(C(=O)OC)c(F)c1)c1ccc2c(c1)C(C)(C)CCC2(C)C.COC(=O)c1ccc(Cc2ccc3c(c2)C(C)(C)CCC3(C)C)cc1F.COC(=O)c1ccc(I)cc1F. The number of esters is 3. The monoisotopic (exact) mass is 1590 g/mol. The van der Waals surface area contributed by atoms with E-state index in [1.54, 1.807) is 24.3 Å². The van der Waals surface area contributed by atoms with Gasteiger partial charge in [-0.05, 0) is 296 Å². The molecule has 0 heterocycles. The molecule has 0 amide bonds. The van der Waals surface area contributed by atoms with E-state index in [-0.39, 0.29) is 60.2 Å². The molecule has 0 radical (unpaired) electrons. The zero-order valence-corrected chi connectivity index (χ0v) is 69.5. The van der Waals surface area contributed by atoms with E-state index in [9.17, 15) is 36.7 Å². The first kappa shape index (κ1) is 85.1. The van der Waals surface area contributed by atoms with Crippen molar-refractivity contribution in [1.82, 2.24) is 0 Å². The van der Waals surface area contributed by atoms with Gasteiger partial charge in [-0.1, -0.05) is 153 Å². The number of anilines is 5. The highest BCUT2D eigenvalue weighted by atomic mass is 127. The molecule has 0 unspecified atom stereocenters. The second-order valence-corrected chi connectivity index (χ2v) is 35.7. The number of carbonyl (C=O) groups is 4. The van der Waals surface area contributed by atoms with E-state index in [0.717, 1.165) is 51.1 Å². The molecule has 16 heteroatoms. The summed E-state index contributed by atoms with van der Waals surface area (Å²) in [5, 5.41) is 9.05. The minimum Gasteiger partial charge on any atom is -0.478 e. The number of nitrogens with two attached hydrogens (primary N) is 1. The zero-order valence-electron chi connectivity index (χ0n) is 67.3. The fourth-order valence-corrected chi connectivity index (χ4v) is 16.1. The van der Waals surface area contributed by atoms with Crippen LogP contribution in [-0.2, 0) is 64.0 Å². The van der Waals surface area contributed by atoms with Gasteiger partial charge < -0.3 is 34.9 Å². The highest BCUT2D eigenvalue weighted by Crippen LogP contribution is 2.51. The average molecular weight is 1590 g/mol. The van der Waals surface area contributed by atoms with Gasteiger partial charge >= 0.3 is 23.9 Å². The van der Waals surface area contributed by atoms with Gasteiger partial charge in [-0.3, -0.25) is 0 Å². The van der Waals surface area contributed by atoms with Gasteiger partial charge in [0.05, 0.1) is 43.6 Å². The Morgan fingerprint density at radius 3 is 0.972 bits per heavy atom. The number of ether oxygens (including phenoxy) is 3. The van der Waals surface area contributed by atoms with Crippen LogP contribution in [0.2, 0.25) is 0 Å². The molecule has 8 aromatic carbocycles. The molecule has 12 rings (SSSR count). The number of hydrogen-bond donors (Lipinski definition) is 2. The number of rotatable bonds is 12. The molecule has 0 saturated heterocycles. The van der Waals surface area contributed by atoms with Crippen molar-refractivity contribution in [2.45, 2.75) is 226 Å². The van der Waals surface area contributed by atoms with E-state index in [2.05, 4.69) is 197 Å². The van der Waals surface area contributed by atoms with E-state index in [1.165, 1.54) is 152 Å². The molecule has 0 bridgehead atoms. The topological polar surface area (TPSA) is 149 Å². The minimum atomic E-state index is -1.25. The Bertz CT molecular complexity index is 4650. The third-order valence-corrected chi connectivity index (χ3v) is 23.7. The molecule has 11 nitrogen and oxygen atoms in total. The molecular weight excluding hydrogens is 1480 g/mol. The van der Waals surface area contributed by atoms with Gasteiger partial charge in [-0.15, -0.1) is 0 Å². The number of methoxy groups -OCH3 is 3. The van der Waals surface area contributed by atoms with Gasteiger partial charge in [0.1, 0.15) is 23.3 Å². The molecule has 8 aromatic rings. The number of carboxylic acids is 1. The summed E-state index contributed by atoms with van der Waals surface area (Å²) in [6.07, 6.45) is 10.1. The quantitative estimate of drug-likeness (QED) is 0.0396. The Hall–Kier alpha value is -8.51. The van der Waals surface area contributed by atoms with Crippen molar-refractivity contribution in [3.63, 3.8) is 0 Å². The zero-order chi connectivity index (χ0) is 80.2. The molecule has 0 saturated carbocycles. The van der Waals surface area contributed by atoms with Crippen molar-refractivity contribution in [2.24, 2.45) is 0 Å². The average Bonchev–Trinajstić information content (AvgIpc) is 0.768. The molecule has 0 atom stereocenters. The maximum Gasteiger partial charge on any atom is 0.340 e. The van der Waals surface area contributed by atoms with Crippen LogP contribution < -0.4 is 15.5 Å². The summed E-state index contributed by atoms with van der Waals surface area (Å²) in [4.78, 5) is 49.3. The fourth-order valence-electron chi connectivity index (χ4n) is 15.6. The summed E-state index contributed by atoms with van der Waals surface area (Å²) >= 11 is 1.97. The van der Waals surface area contributed by atoms with Crippen LogP contribution in [0.3, 0.4) is 0 Å². The molecular formula is C92H112F4IN3O8. The predicted octanol–water partition coefficient (Wildman–Crippen LogP) is 23.5. The number of aromatic carboxylic acids is 1. The van der Waals surface area contributed by atoms with Gasteiger partial charge in [0.2, 0.25) is 0 Å². The molecule has 0 spiro atoms. The first-order valence-electron chi connectivity index (χ1n) is 37.5. The Morgan fingerprint density at radius 1 is 0.361 bits per heavy atom. The van der Waals surface area contributed by atoms with Gasteiger partial charge in [-0.25, -0.2) is 36.7 Å². The van der Waals surface area contributed by atoms with E-state index < -0.39 is 47.1 Å². The number of benzene rings is 8. The van der Waals surface area contributed by atoms with E-state index in [1.807, 2.05) is 47.4 Å². The second kappa shape index (κ2) is 33.4. The van der Waals surface area contributed by atoms with Gasteiger partial charge in [0.25, 0.3) is 0 Å². The van der Waals surface area contributed by atoms with Crippen LogP contribution in [0.4, 0.5) is 46.0 Å². The number of hydrogen-bond acceptors (Lipinski definition) is 10. The van der Waals surface area contributed by atoms with E-state index in [4.69, 9.17) is 10.8 Å². The lowest BCUT2D eigenvalue weighted by atomic mass is 9.63. The number of nitrogens with zero attached hydrogens (tertiary/aromatic N) is 2. The summed E-state index contributed by atoms with van der Waals surface area (Å²) in [6.45, 7) is 42.3. The molecule has 0 fully saturated rings. The highest BCUT2D eigenvalue weighted by Gasteiger charge is 2.41. The maximum atomic E-state index is 14.5. The van der Waals surface area contributed by atoms with Gasteiger partial charge in [0.15, 0.2) is 0 Å². The van der Waals surface area contributed by atoms with Gasteiger partial charge in [-0.2, -0.15) is 0 Å². The third-order valence-electron chi connectivity index (χ3n) is 23.1. The van der Waals surface area contributed by atoms with Crippen LogP contribution in [0.15, 0.2) is 146 Å². The minimum absolute atomic E-state index is 0.0235. The summed E-state index contributed by atoms with van der Waals surface area (Å²) < 4.78 is 70.2. The van der Waals surface area contributed by atoms with E-state index in [0.29, 0.717) is 30.6 Å². The van der Waals surface area contributed by atoms with Crippen molar-refractivity contribution >= 4 is 74.9 Å². The van der Waals surface area contributed by atoms with Crippen LogP contribution in [0, 0.1) is 26.8 Å². The molecule has 578 valence electrons. The number of carboxylic acid groups (broad SMARTS) is 1. The number of fused-ring (bicyclic) bond motifs is 4. The summed E-state index contributed by atoms with van der Waals surface area (Å²) in [5.74, 6) is -5.57. The van der Waals surface area contributed by atoms with Crippen molar-refractivity contribution in [2.75, 3.05) is 50.0 Å². The first-order chi connectivity index (χ1) is 50.3. The molecule has 108 heavy (non-hydrogen) atoms. The third kappa shape index (κ3) is 19.2. The van der Waals surface area contributed by atoms with Crippen LogP contribution in [0.1, 0.15) is 273 Å². The van der Waals surface area contributed by atoms with Crippen LogP contribution in [-0.4, -0.2) is 63.4 Å². The van der Waals surface area contributed by atoms with Crippen LogP contribution in [0.25, 0.3) is 0 Å². The number of halogens is 5. The maximum absolute atomic E-state index is 14.5. The van der Waals surface area contributed by atoms with Crippen molar-refractivity contribution in [3.05, 3.63) is 250 Å². The normalized spacial score (nSPS) is 17.1. The standard InChI is InChI=1S/C24H30FNO2.C23H28FNO2.C23H27FO2.C14H21N.C8H6FIO2/c1-7-26(17-8-10-18(21(25)15-17)22(27)28-6)16-9-11-19-20(14-16)24(4,5)13-12-23(19,2)3;1-6-25(16-7-9-17(21(26)27)20(24)14-16)15-8-10-18-19(13-15)23(4,5)12-11-22(18,2)3;1-22(2)10-11-23(3,4)19-13-15(7-9-18(19)22)12-16-6-8-17(20(24)14-16)21(25)26-5;1-13(2)7-8-14(3,4)12-9-10(15)5-6-11(12)13;1-12-8(11)6-3-2-5(10)4-7(6)9/h8-11,14-15H,7,12-13H2,1-6H3;7-10,13-14H,6,11-12H2,1-5H3,(H,26,27);6-9,13-14H,10-12H2,1-5H3;5-6,9H,7-8,15H2,1-4H3;2-4H,1H3. The smallest absolute Gasteiger partial charge is 0.340 e. The Morgan fingerprint density at radius 2 is 0.630 bits per heavy atom. The van der Waals surface area contributed by atoms with E-state index >= 15 is 0 Å². The van der Waals surface area contributed by atoms with Crippen LogP contribution in [0.5, 0.6) is 0 Å². The Balaban J connectivity index is 0.000000175. The highest BCUT2D eigenvalue weighted by molar-refractivity contribution is 14.1. The lowest BCUT2D eigenvalue weighted by molar-refractivity contribution is 0.0586. The fraction of sp³-hybridized carbons (Fsp3) is 0.435. The molecule has 4 aliphatic carbocycles. The van der Waals surface area contributed by atoms with Crippen LogP contribution >= 0.6 is 22.6 Å². The lowest BCUT2D eigenvalue weighted by Crippen LogP contribution is -2.34. The summed E-state index contributed by atoms with van der Waals surface area (Å²) in [7, 11) is 3.73.